The first kappa shape index (κ1) is 46.6. The lowest BCUT2D eigenvalue weighted by Gasteiger charge is -2.44. The number of carbonyl (C=O) groups is 4. The molecule has 2 bridgehead atoms. The maximum atomic E-state index is 14.9. The summed E-state index contributed by atoms with van der Waals surface area (Å²) in [5, 5.41) is 30.4. The Kier molecular flexibility index (Phi) is 15.0. The molecule has 2 N–H and O–H groups in total. The number of anilines is 1. The number of benzene rings is 3. The number of carboxylic acids is 1. The van der Waals surface area contributed by atoms with Crippen molar-refractivity contribution in [3.8, 4) is 11.5 Å². The summed E-state index contributed by atoms with van der Waals surface area (Å²) in [7, 11) is 0. The van der Waals surface area contributed by atoms with Crippen molar-refractivity contribution in [2.45, 2.75) is 62.2 Å². The topological polar surface area (TPSA) is 173 Å². The number of para-hydroxylation sites is 1. The molecule has 9 rings (SSSR count). The lowest BCUT2D eigenvalue weighted by Crippen LogP contribution is -2.55. The maximum Gasteiger partial charge on any atom is 0.414 e. The van der Waals surface area contributed by atoms with E-state index in [1.807, 2.05) is 30.3 Å². The summed E-state index contributed by atoms with van der Waals surface area (Å²) in [5.74, 6) is -2.53. The molecule has 0 radical (unpaired) electrons. The number of nitrogens with zero attached hydrogens (tertiary/aromatic N) is 4. The Hall–Kier alpha value is -5.36. The van der Waals surface area contributed by atoms with Gasteiger partial charge in [0.2, 0.25) is 0 Å². The Bertz CT molecular complexity index is 2300. The molecule has 64 heavy (non-hydrogen) atoms. The minimum atomic E-state index is -3.15. The van der Waals surface area contributed by atoms with Gasteiger partial charge in [0, 0.05) is 41.6 Å². The Morgan fingerprint density at radius 2 is 1.67 bits per heavy atom. The smallest absolute Gasteiger partial charge is 0.414 e. The quantitative estimate of drug-likeness (QED) is 0.0670. The van der Waals surface area contributed by atoms with Crippen LogP contribution in [-0.4, -0.2) is 101 Å². The van der Waals surface area contributed by atoms with E-state index in [9.17, 15) is 33.5 Å². The standard InChI is InChI=1S/C44H44Cl2F2N4O8S.CH2O2/c45-35-23-50(57)24-36(46)33(35)21-34(30-11-12-37(59-42(47)48)38(20-30)58-26-27-9-10-27)44(41(54)55)52(17-18-61-44)40(53)31-6-4-5-28(19-31)22-51(32-7-2-1-3-8-32)43(56)60-39-25-49-15-13-29(39)14-16-49;2-1-3/h1-8,11-12,19-20,23-24,27,29,34,39,42H,9-10,13-18,21-22,25-26H2,(H,54,55);1H,(H,2,3)/t34-,39-,44-;/m0./s1. The first-order valence-corrected chi connectivity index (χ1v) is 22.4. The molecule has 1 aliphatic carbocycles. The van der Waals surface area contributed by atoms with Crippen LogP contribution in [0.15, 0.2) is 85.2 Å². The van der Waals surface area contributed by atoms with Gasteiger partial charge >= 0.3 is 18.7 Å². The number of carboxylic acid groups (broad SMARTS) is 2. The lowest BCUT2D eigenvalue weighted by atomic mass is 9.83. The molecule has 4 aromatic rings. The number of piperidine rings is 3. The summed E-state index contributed by atoms with van der Waals surface area (Å²) >= 11 is 14.2. The van der Waals surface area contributed by atoms with Crippen molar-refractivity contribution >= 4 is 65.1 Å². The number of fused-ring (bicyclic) bond motifs is 3. The van der Waals surface area contributed by atoms with Crippen LogP contribution in [0, 0.1) is 17.0 Å². The van der Waals surface area contributed by atoms with Crippen molar-refractivity contribution < 1.29 is 57.1 Å². The number of hydrogen-bond donors (Lipinski definition) is 2. The molecular formula is C45H46Cl2F2N4O10S. The third-order valence-corrected chi connectivity index (χ3v) is 14.1. The van der Waals surface area contributed by atoms with Crippen molar-refractivity contribution in [1.29, 1.82) is 0 Å². The summed E-state index contributed by atoms with van der Waals surface area (Å²) in [4.78, 5) is 54.2. The lowest BCUT2D eigenvalue weighted by molar-refractivity contribution is -0.605. The second-order valence-electron chi connectivity index (χ2n) is 16.0. The number of ether oxygens (including phenoxy) is 3. The molecule has 4 aliphatic heterocycles. The highest BCUT2D eigenvalue weighted by molar-refractivity contribution is 8.01. The highest BCUT2D eigenvalue weighted by atomic mass is 35.5. The molecule has 14 nitrogen and oxygen atoms in total. The molecule has 5 aliphatic rings. The molecule has 3 atom stereocenters. The van der Waals surface area contributed by atoms with Gasteiger partial charge in [0.05, 0.1) is 13.2 Å². The fraction of sp³-hybridized carbons (Fsp3) is 0.400. The van der Waals surface area contributed by atoms with E-state index in [4.69, 9.17) is 47.3 Å². The number of rotatable bonds is 15. The van der Waals surface area contributed by atoms with Gasteiger partial charge in [-0.1, -0.05) is 59.6 Å². The van der Waals surface area contributed by atoms with Crippen LogP contribution in [0.3, 0.4) is 0 Å². The second kappa shape index (κ2) is 20.6. The van der Waals surface area contributed by atoms with E-state index in [1.54, 1.807) is 24.3 Å². The number of thioether (sulfide) groups is 1. The van der Waals surface area contributed by atoms with Crippen molar-refractivity contribution in [1.82, 2.24) is 9.80 Å². The zero-order chi connectivity index (χ0) is 45.5. The summed E-state index contributed by atoms with van der Waals surface area (Å²) in [5.41, 5.74) is 1.97. The van der Waals surface area contributed by atoms with Gasteiger partial charge in [-0.15, -0.1) is 11.8 Å². The summed E-state index contributed by atoms with van der Waals surface area (Å²) in [6.45, 7) is -0.384. The molecule has 4 saturated heterocycles. The second-order valence-corrected chi connectivity index (χ2v) is 18.1. The van der Waals surface area contributed by atoms with E-state index < -0.39 is 35.4 Å². The number of halogens is 4. The Morgan fingerprint density at radius 3 is 2.30 bits per heavy atom. The van der Waals surface area contributed by atoms with E-state index in [0.717, 1.165) is 62.9 Å². The zero-order valence-corrected chi connectivity index (χ0v) is 36.7. The zero-order valence-electron chi connectivity index (χ0n) is 34.4. The molecular weight excluding hydrogens is 897 g/mol. The van der Waals surface area contributed by atoms with E-state index in [-0.39, 0.29) is 83.0 Å². The summed E-state index contributed by atoms with van der Waals surface area (Å²) in [6.07, 6.45) is 5.07. The van der Waals surface area contributed by atoms with Gasteiger partial charge in [-0.25, -0.2) is 9.59 Å². The fourth-order valence-electron chi connectivity index (χ4n) is 8.60. The summed E-state index contributed by atoms with van der Waals surface area (Å²) in [6, 6.07) is 20.0. The average Bonchev–Trinajstić information content (AvgIpc) is 4.00. The van der Waals surface area contributed by atoms with E-state index in [2.05, 4.69) is 4.90 Å². The van der Waals surface area contributed by atoms with Gasteiger partial charge in [0.25, 0.3) is 12.4 Å². The van der Waals surface area contributed by atoms with Crippen LogP contribution in [0.1, 0.15) is 58.6 Å². The Labute approximate surface area is 382 Å². The number of pyridine rings is 1. The summed E-state index contributed by atoms with van der Waals surface area (Å²) < 4.78 is 44.5. The maximum absolute atomic E-state index is 14.9. The van der Waals surface area contributed by atoms with Gasteiger partial charge in [-0.05, 0) is 105 Å². The van der Waals surface area contributed by atoms with Crippen molar-refractivity contribution in [2.24, 2.45) is 11.8 Å². The Balaban J connectivity index is 0.00000199. The molecule has 2 amide bonds. The molecule has 5 fully saturated rings. The number of aromatic nitrogens is 1. The van der Waals surface area contributed by atoms with Gasteiger partial charge in [-0.3, -0.25) is 19.4 Å². The molecule has 0 spiro atoms. The molecule has 1 aromatic heterocycles. The highest BCUT2D eigenvalue weighted by Crippen LogP contribution is 2.51. The largest absolute Gasteiger partial charge is 0.619 e. The van der Waals surface area contributed by atoms with Gasteiger partial charge in [0.15, 0.2) is 28.8 Å². The van der Waals surface area contributed by atoms with Gasteiger partial charge < -0.3 is 34.5 Å². The monoisotopic (exact) mass is 942 g/mol. The van der Waals surface area contributed by atoms with Crippen molar-refractivity contribution in [2.75, 3.05) is 43.4 Å². The van der Waals surface area contributed by atoms with Crippen molar-refractivity contribution in [3.63, 3.8) is 0 Å². The minimum Gasteiger partial charge on any atom is -0.619 e. The number of aliphatic carboxylic acids is 1. The van der Waals surface area contributed by atoms with Crippen LogP contribution < -0.4 is 19.1 Å². The number of alkyl halides is 2. The van der Waals surface area contributed by atoms with Gasteiger partial charge in [-0.2, -0.15) is 13.5 Å². The molecule has 0 unspecified atom stereocenters. The SMILES string of the molecule is O=C(O[C@H]1CN2CCC1CC2)N(Cc1cccc(C(=O)N2CCS[C@]2(C(=O)O)[C@@H](Cc2c(Cl)c[n+]([O-])cc2Cl)c2ccc(OC(F)F)c(OCC3CC3)c2)c1)c1ccccc1.O=CO. The normalized spacial score (nSPS) is 21.6. The van der Waals surface area contributed by atoms with Crippen LogP contribution in [0.2, 0.25) is 10.0 Å². The predicted octanol–water partition coefficient (Wildman–Crippen LogP) is 7.95. The van der Waals surface area contributed by atoms with E-state index in [1.165, 1.54) is 28.0 Å². The fourth-order valence-corrected chi connectivity index (χ4v) is 10.7. The minimum absolute atomic E-state index is 0.0125. The number of amides is 2. The van der Waals surface area contributed by atoms with Crippen LogP contribution >= 0.6 is 35.0 Å². The number of hydrogen-bond acceptors (Lipinski definition) is 10. The van der Waals surface area contributed by atoms with Crippen LogP contribution in [0.4, 0.5) is 19.3 Å². The number of carbonyl (C=O) groups excluding carboxylic acids is 2. The Morgan fingerprint density at radius 1 is 0.969 bits per heavy atom. The highest BCUT2D eigenvalue weighted by Gasteiger charge is 2.57. The van der Waals surface area contributed by atoms with Crippen LogP contribution in [-0.2, 0) is 27.3 Å². The third kappa shape index (κ3) is 10.6. The van der Waals surface area contributed by atoms with Gasteiger partial charge in [0.1, 0.15) is 16.1 Å². The van der Waals surface area contributed by atoms with Crippen LogP contribution in [0.5, 0.6) is 11.5 Å². The average molecular weight is 944 g/mol. The molecule has 1 saturated carbocycles. The van der Waals surface area contributed by atoms with E-state index in [0.29, 0.717) is 34.0 Å². The molecule has 3 aromatic carbocycles. The first-order chi connectivity index (χ1) is 30.8. The first-order valence-electron chi connectivity index (χ1n) is 20.7. The predicted molar refractivity (Wildman–Crippen MR) is 234 cm³/mol. The van der Waals surface area contributed by atoms with Crippen LogP contribution in [0.25, 0.3) is 0 Å². The van der Waals surface area contributed by atoms with Crippen molar-refractivity contribution in [3.05, 3.63) is 123 Å². The molecule has 19 heteroatoms. The third-order valence-electron chi connectivity index (χ3n) is 11.9. The molecule has 340 valence electrons. The van der Waals surface area contributed by atoms with E-state index >= 15 is 0 Å². The molecule has 5 heterocycles.